The minimum atomic E-state index is -0.0526. The number of benzene rings is 1. The summed E-state index contributed by atoms with van der Waals surface area (Å²) in [5, 5.41) is 2.90. The fraction of sp³-hybridized carbons (Fsp3) is 0.286. The lowest BCUT2D eigenvalue weighted by Crippen LogP contribution is -2.26. The molecule has 1 heterocycles. The topological polar surface area (TPSA) is 61.0 Å². The van der Waals surface area contributed by atoms with E-state index in [0.29, 0.717) is 12.1 Å². The van der Waals surface area contributed by atoms with Crippen LogP contribution in [-0.4, -0.2) is 36.5 Å². The van der Waals surface area contributed by atoms with E-state index < -0.39 is 0 Å². The van der Waals surface area contributed by atoms with E-state index in [1.165, 1.54) is 0 Å². The number of H-pyrrole nitrogens is 1. The van der Waals surface area contributed by atoms with Crippen molar-refractivity contribution in [1.29, 1.82) is 0 Å². The molecular weight excluding hydrogens is 240 g/mol. The van der Waals surface area contributed by atoms with Gasteiger partial charge in [-0.15, -0.1) is 0 Å². The van der Waals surface area contributed by atoms with E-state index in [0.717, 1.165) is 17.8 Å². The Balaban J connectivity index is 1.90. The molecule has 0 radical (unpaired) electrons. The number of carbonyl (C=O) groups excluding carboxylic acids is 1. The van der Waals surface area contributed by atoms with Gasteiger partial charge in [-0.2, -0.15) is 0 Å². The van der Waals surface area contributed by atoms with Crippen LogP contribution in [0.4, 0.5) is 5.69 Å². The smallest absolute Gasteiger partial charge is 0.251 e. The first kappa shape index (κ1) is 13.1. The average Bonchev–Trinajstić information content (AvgIpc) is 2.92. The number of rotatable bonds is 5. The summed E-state index contributed by atoms with van der Waals surface area (Å²) in [6.07, 6.45) is 4.15. The Kier molecular flexibility index (Phi) is 4.18. The van der Waals surface area contributed by atoms with E-state index in [4.69, 9.17) is 0 Å². The Labute approximate surface area is 112 Å². The first-order valence-electron chi connectivity index (χ1n) is 6.19. The van der Waals surface area contributed by atoms with Crippen LogP contribution in [0.5, 0.6) is 0 Å². The summed E-state index contributed by atoms with van der Waals surface area (Å²) in [5.74, 6) is -0.0526. The summed E-state index contributed by atoms with van der Waals surface area (Å²) in [6.45, 7) is 0.590. The lowest BCUT2D eigenvalue weighted by Gasteiger charge is -2.13. The highest BCUT2D eigenvalue weighted by molar-refractivity contribution is 5.95. The summed E-state index contributed by atoms with van der Waals surface area (Å²) in [4.78, 5) is 20.9. The van der Waals surface area contributed by atoms with Gasteiger partial charge in [0.25, 0.3) is 5.91 Å². The van der Waals surface area contributed by atoms with Gasteiger partial charge in [-0.1, -0.05) is 6.07 Å². The molecule has 1 amide bonds. The molecule has 0 aliphatic heterocycles. The van der Waals surface area contributed by atoms with E-state index in [1.54, 1.807) is 12.5 Å². The van der Waals surface area contributed by atoms with Crippen LogP contribution < -0.4 is 10.2 Å². The molecule has 0 spiro atoms. The molecule has 2 rings (SSSR count). The van der Waals surface area contributed by atoms with Crippen molar-refractivity contribution in [2.45, 2.75) is 6.42 Å². The molecule has 5 nitrogen and oxygen atoms in total. The van der Waals surface area contributed by atoms with Gasteiger partial charge in [0.2, 0.25) is 0 Å². The summed E-state index contributed by atoms with van der Waals surface area (Å²) < 4.78 is 0. The summed E-state index contributed by atoms with van der Waals surface area (Å²) in [7, 11) is 3.91. The van der Waals surface area contributed by atoms with Crippen LogP contribution >= 0.6 is 0 Å². The van der Waals surface area contributed by atoms with E-state index >= 15 is 0 Å². The molecule has 0 saturated heterocycles. The van der Waals surface area contributed by atoms with Gasteiger partial charge >= 0.3 is 0 Å². The number of imidazole rings is 1. The maximum absolute atomic E-state index is 12.0. The fourth-order valence-corrected chi connectivity index (χ4v) is 1.76. The first-order valence-corrected chi connectivity index (χ1v) is 6.19. The number of aromatic amines is 1. The minimum Gasteiger partial charge on any atom is -0.378 e. The van der Waals surface area contributed by atoms with Crippen molar-refractivity contribution in [3.8, 4) is 0 Å². The SMILES string of the molecule is CN(C)c1cccc(C(=O)NCCc2cnc[nH]2)c1. The molecule has 0 fully saturated rings. The molecule has 0 saturated carbocycles. The zero-order valence-corrected chi connectivity index (χ0v) is 11.2. The number of carbonyl (C=O) groups is 1. The first-order chi connectivity index (χ1) is 9.16. The molecule has 1 aromatic heterocycles. The summed E-state index contributed by atoms with van der Waals surface area (Å²) in [6, 6.07) is 7.56. The molecule has 0 aliphatic carbocycles. The molecule has 0 unspecified atom stereocenters. The third kappa shape index (κ3) is 3.58. The Hall–Kier alpha value is -2.30. The van der Waals surface area contributed by atoms with E-state index in [1.807, 2.05) is 43.3 Å². The minimum absolute atomic E-state index is 0.0526. The van der Waals surface area contributed by atoms with Crippen LogP contribution in [0.1, 0.15) is 16.1 Å². The second-order valence-corrected chi connectivity index (χ2v) is 4.53. The lowest BCUT2D eigenvalue weighted by molar-refractivity contribution is 0.0954. The van der Waals surface area contributed by atoms with Crippen molar-refractivity contribution in [3.05, 3.63) is 48.0 Å². The van der Waals surface area contributed by atoms with Crippen molar-refractivity contribution in [2.24, 2.45) is 0 Å². The zero-order chi connectivity index (χ0) is 13.7. The Morgan fingerprint density at radius 1 is 1.42 bits per heavy atom. The third-order valence-electron chi connectivity index (χ3n) is 2.86. The van der Waals surface area contributed by atoms with Crippen LogP contribution in [0.25, 0.3) is 0 Å². The van der Waals surface area contributed by atoms with E-state index in [-0.39, 0.29) is 5.91 Å². The Morgan fingerprint density at radius 3 is 2.95 bits per heavy atom. The molecule has 100 valence electrons. The van der Waals surface area contributed by atoms with Crippen LogP contribution in [0.2, 0.25) is 0 Å². The summed E-state index contributed by atoms with van der Waals surface area (Å²) in [5.41, 5.74) is 2.71. The molecule has 2 N–H and O–H groups in total. The van der Waals surface area contributed by atoms with Gasteiger partial charge in [-0.25, -0.2) is 4.98 Å². The monoisotopic (exact) mass is 258 g/mol. The van der Waals surface area contributed by atoms with Gasteiger partial charge in [0.15, 0.2) is 0 Å². The van der Waals surface area contributed by atoms with Crippen molar-refractivity contribution in [1.82, 2.24) is 15.3 Å². The van der Waals surface area contributed by atoms with Crippen LogP contribution in [0.15, 0.2) is 36.8 Å². The Bertz CT molecular complexity index is 534. The molecule has 0 atom stereocenters. The van der Waals surface area contributed by atoms with Crippen molar-refractivity contribution in [2.75, 3.05) is 25.5 Å². The molecule has 5 heteroatoms. The van der Waals surface area contributed by atoms with Crippen LogP contribution in [0, 0.1) is 0 Å². The van der Waals surface area contributed by atoms with Crippen LogP contribution in [0.3, 0.4) is 0 Å². The maximum Gasteiger partial charge on any atom is 0.251 e. The Morgan fingerprint density at radius 2 is 2.26 bits per heavy atom. The largest absolute Gasteiger partial charge is 0.378 e. The predicted molar refractivity (Wildman–Crippen MR) is 75.4 cm³/mol. The fourth-order valence-electron chi connectivity index (χ4n) is 1.76. The molecule has 0 bridgehead atoms. The molecule has 19 heavy (non-hydrogen) atoms. The molecular formula is C14H18N4O. The van der Waals surface area contributed by atoms with Gasteiger partial charge in [0, 0.05) is 50.2 Å². The van der Waals surface area contributed by atoms with E-state index in [2.05, 4.69) is 15.3 Å². The zero-order valence-electron chi connectivity index (χ0n) is 11.2. The second-order valence-electron chi connectivity index (χ2n) is 4.53. The highest BCUT2D eigenvalue weighted by atomic mass is 16.1. The predicted octanol–water partition coefficient (Wildman–Crippen LogP) is 1.45. The number of hydrogen-bond donors (Lipinski definition) is 2. The molecule has 1 aromatic carbocycles. The normalized spacial score (nSPS) is 10.2. The highest BCUT2D eigenvalue weighted by Gasteiger charge is 2.06. The number of hydrogen-bond acceptors (Lipinski definition) is 3. The number of amides is 1. The molecule has 0 aliphatic rings. The second kappa shape index (κ2) is 6.04. The van der Waals surface area contributed by atoms with Crippen LogP contribution in [-0.2, 0) is 6.42 Å². The van der Waals surface area contributed by atoms with Crippen molar-refractivity contribution in [3.63, 3.8) is 0 Å². The number of nitrogens with zero attached hydrogens (tertiary/aromatic N) is 2. The van der Waals surface area contributed by atoms with Gasteiger partial charge < -0.3 is 15.2 Å². The van der Waals surface area contributed by atoms with E-state index in [9.17, 15) is 4.79 Å². The quantitative estimate of drug-likeness (QED) is 0.853. The van der Waals surface area contributed by atoms with Gasteiger partial charge in [0.1, 0.15) is 0 Å². The van der Waals surface area contributed by atoms with Crippen molar-refractivity contribution < 1.29 is 4.79 Å². The standard InChI is InChI=1S/C14H18N4O/c1-18(2)13-5-3-4-11(8-13)14(19)16-7-6-12-9-15-10-17-12/h3-5,8-10H,6-7H2,1-2H3,(H,15,17)(H,16,19). The maximum atomic E-state index is 12.0. The highest BCUT2D eigenvalue weighted by Crippen LogP contribution is 2.13. The lowest BCUT2D eigenvalue weighted by atomic mass is 10.2. The number of nitrogens with one attached hydrogen (secondary N) is 2. The van der Waals surface area contributed by atoms with Crippen molar-refractivity contribution >= 4 is 11.6 Å². The van der Waals surface area contributed by atoms with Gasteiger partial charge in [-0.05, 0) is 18.2 Å². The van der Waals surface area contributed by atoms with Gasteiger partial charge in [-0.3, -0.25) is 4.79 Å². The average molecular weight is 258 g/mol. The summed E-state index contributed by atoms with van der Waals surface area (Å²) >= 11 is 0. The van der Waals surface area contributed by atoms with Gasteiger partial charge in [0.05, 0.1) is 6.33 Å². The number of anilines is 1. The third-order valence-corrected chi connectivity index (χ3v) is 2.86. The number of aromatic nitrogens is 2. The molecule has 2 aromatic rings.